The average molecular weight is 260 g/mol. The molecule has 0 bridgehead atoms. The molecule has 0 aliphatic carbocycles. The van der Waals surface area contributed by atoms with Crippen molar-refractivity contribution in [2.24, 2.45) is 5.92 Å². The van der Waals surface area contributed by atoms with E-state index >= 15 is 0 Å². The Balaban J connectivity index is 1.72. The average Bonchev–Trinajstić information content (AvgIpc) is 2.66. The molecule has 0 radical (unpaired) electrons. The van der Waals surface area contributed by atoms with Gasteiger partial charge in [-0.2, -0.15) is 0 Å². The predicted octanol–water partition coefficient (Wildman–Crippen LogP) is 3.92. The summed E-state index contributed by atoms with van der Waals surface area (Å²) in [7, 11) is 0. The zero-order valence-electron chi connectivity index (χ0n) is 12.5. The van der Waals surface area contributed by atoms with Gasteiger partial charge in [-0.05, 0) is 56.8 Å². The molecule has 0 spiro atoms. The Kier molecular flexibility index (Phi) is 5.71. The van der Waals surface area contributed by atoms with Crippen molar-refractivity contribution in [2.75, 3.05) is 31.5 Å². The Morgan fingerprint density at radius 2 is 2.05 bits per heavy atom. The SMILES string of the molecule is CCC1CCCN(CCNc2ccccc2C)CC1. The molecule has 1 aromatic rings. The molecule has 1 aliphatic rings. The van der Waals surface area contributed by atoms with Gasteiger partial charge in [0.05, 0.1) is 0 Å². The highest BCUT2D eigenvalue weighted by Gasteiger charge is 2.14. The molecule has 2 nitrogen and oxygen atoms in total. The van der Waals surface area contributed by atoms with Gasteiger partial charge in [0.1, 0.15) is 0 Å². The van der Waals surface area contributed by atoms with Gasteiger partial charge in [-0.15, -0.1) is 0 Å². The van der Waals surface area contributed by atoms with Crippen LogP contribution in [-0.2, 0) is 0 Å². The number of likely N-dealkylation sites (tertiary alicyclic amines) is 1. The molecule has 0 saturated carbocycles. The summed E-state index contributed by atoms with van der Waals surface area (Å²) < 4.78 is 0. The fraction of sp³-hybridized carbons (Fsp3) is 0.647. The van der Waals surface area contributed by atoms with Gasteiger partial charge in [-0.1, -0.05) is 31.5 Å². The fourth-order valence-electron chi connectivity index (χ4n) is 2.98. The van der Waals surface area contributed by atoms with Gasteiger partial charge in [-0.3, -0.25) is 0 Å². The number of hydrogen-bond acceptors (Lipinski definition) is 2. The number of aryl methyl sites for hydroxylation is 1. The fourth-order valence-corrected chi connectivity index (χ4v) is 2.98. The van der Waals surface area contributed by atoms with Gasteiger partial charge >= 0.3 is 0 Å². The van der Waals surface area contributed by atoms with Crippen LogP contribution in [0.25, 0.3) is 0 Å². The van der Waals surface area contributed by atoms with Gasteiger partial charge in [0.2, 0.25) is 0 Å². The zero-order chi connectivity index (χ0) is 13.5. The second-order valence-electron chi connectivity index (χ2n) is 5.79. The van der Waals surface area contributed by atoms with Gasteiger partial charge in [0.25, 0.3) is 0 Å². The standard InChI is InChI=1S/C17H28N2/c1-3-16-8-6-12-19(13-10-16)14-11-18-17-9-5-4-7-15(17)2/h4-5,7,9,16,18H,3,6,8,10-14H2,1-2H3. The van der Waals surface area contributed by atoms with E-state index in [0.29, 0.717) is 0 Å². The molecule has 1 heterocycles. The Hall–Kier alpha value is -1.02. The number of benzene rings is 1. The molecule has 1 aromatic carbocycles. The molecule has 1 N–H and O–H groups in total. The molecule has 2 rings (SSSR count). The van der Waals surface area contributed by atoms with Crippen molar-refractivity contribution in [2.45, 2.75) is 39.5 Å². The highest BCUT2D eigenvalue weighted by molar-refractivity contribution is 5.50. The molecule has 1 atom stereocenters. The van der Waals surface area contributed by atoms with Crippen LogP contribution in [-0.4, -0.2) is 31.1 Å². The molecule has 106 valence electrons. The van der Waals surface area contributed by atoms with Crippen LogP contribution in [0.15, 0.2) is 24.3 Å². The minimum atomic E-state index is 0.967. The van der Waals surface area contributed by atoms with Crippen LogP contribution in [0.1, 0.15) is 38.2 Å². The first-order chi connectivity index (χ1) is 9.29. The molecular formula is C17H28N2. The molecule has 2 heteroatoms. The van der Waals surface area contributed by atoms with Crippen molar-refractivity contribution in [3.05, 3.63) is 29.8 Å². The summed E-state index contributed by atoms with van der Waals surface area (Å²) in [5.74, 6) is 0.967. The van der Waals surface area contributed by atoms with Crippen molar-refractivity contribution < 1.29 is 0 Å². The van der Waals surface area contributed by atoms with Crippen LogP contribution in [0.3, 0.4) is 0 Å². The number of nitrogens with zero attached hydrogens (tertiary/aromatic N) is 1. The first kappa shape index (κ1) is 14.4. The quantitative estimate of drug-likeness (QED) is 0.863. The van der Waals surface area contributed by atoms with Crippen LogP contribution < -0.4 is 5.32 Å². The molecule has 19 heavy (non-hydrogen) atoms. The predicted molar refractivity (Wildman–Crippen MR) is 83.7 cm³/mol. The second kappa shape index (κ2) is 7.54. The van der Waals surface area contributed by atoms with E-state index < -0.39 is 0 Å². The number of nitrogens with one attached hydrogen (secondary N) is 1. The summed E-state index contributed by atoms with van der Waals surface area (Å²) in [5.41, 5.74) is 2.62. The van der Waals surface area contributed by atoms with E-state index in [0.717, 1.165) is 12.5 Å². The smallest absolute Gasteiger partial charge is 0.0370 e. The van der Waals surface area contributed by atoms with Crippen molar-refractivity contribution >= 4 is 5.69 Å². The molecule has 1 unspecified atom stereocenters. The Bertz CT molecular complexity index is 375. The lowest BCUT2D eigenvalue weighted by molar-refractivity contribution is 0.290. The van der Waals surface area contributed by atoms with Crippen molar-refractivity contribution in [3.8, 4) is 0 Å². The van der Waals surface area contributed by atoms with Gasteiger partial charge in [0.15, 0.2) is 0 Å². The maximum absolute atomic E-state index is 3.56. The summed E-state index contributed by atoms with van der Waals surface area (Å²) in [6, 6.07) is 8.54. The number of anilines is 1. The molecule has 0 aromatic heterocycles. The number of para-hydroxylation sites is 1. The normalized spacial score (nSPS) is 21.1. The lowest BCUT2D eigenvalue weighted by Gasteiger charge is -2.21. The number of rotatable bonds is 5. The van der Waals surface area contributed by atoms with E-state index in [-0.39, 0.29) is 0 Å². The molecule has 1 aliphatic heterocycles. The lowest BCUT2D eigenvalue weighted by Crippen LogP contribution is -2.30. The van der Waals surface area contributed by atoms with Crippen molar-refractivity contribution in [3.63, 3.8) is 0 Å². The highest BCUT2D eigenvalue weighted by atomic mass is 15.1. The van der Waals surface area contributed by atoms with E-state index in [9.17, 15) is 0 Å². The maximum atomic E-state index is 3.56. The van der Waals surface area contributed by atoms with Crippen LogP contribution in [0.5, 0.6) is 0 Å². The van der Waals surface area contributed by atoms with Crippen molar-refractivity contribution in [1.82, 2.24) is 4.90 Å². The third kappa shape index (κ3) is 4.54. The summed E-state index contributed by atoms with van der Waals surface area (Å²) >= 11 is 0. The monoisotopic (exact) mass is 260 g/mol. The van der Waals surface area contributed by atoms with Gasteiger partial charge in [-0.25, -0.2) is 0 Å². The Morgan fingerprint density at radius 1 is 1.21 bits per heavy atom. The van der Waals surface area contributed by atoms with E-state index in [1.54, 1.807) is 0 Å². The third-order valence-corrected chi connectivity index (χ3v) is 4.41. The maximum Gasteiger partial charge on any atom is 0.0370 e. The second-order valence-corrected chi connectivity index (χ2v) is 5.79. The van der Waals surface area contributed by atoms with Gasteiger partial charge in [0, 0.05) is 18.8 Å². The van der Waals surface area contributed by atoms with E-state index in [2.05, 4.69) is 48.3 Å². The summed E-state index contributed by atoms with van der Waals surface area (Å²) in [6.45, 7) is 9.30. The largest absolute Gasteiger partial charge is 0.384 e. The van der Waals surface area contributed by atoms with Crippen molar-refractivity contribution in [1.29, 1.82) is 0 Å². The first-order valence-electron chi connectivity index (χ1n) is 7.81. The molecular weight excluding hydrogens is 232 g/mol. The first-order valence-corrected chi connectivity index (χ1v) is 7.81. The third-order valence-electron chi connectivity index (χ3n) is 4.41. The van der Waals surface area contributed by atoms with Crippen LogP contribution in [0.4, 0.5) is 5.69 Å². The lowest BCUT2D eigenvalue weighted by atomic mass is 9.98. The molecule has 0 amide bonds. The summed E-state index contributed by atoms with van der Waals surface area (Å²) in [6.07, 6.45) is 5.55. The van der Waals surface area contributed by atoms with Crippen LogP contribution >= 0.6 is 0 Å². The highest BCUT2D eigenvalue weighted by Crippen LogP contribution is 2.20. The van der Waals surface area contributed by atoms with E-state index in [1.807, 2.05) is 0 Å². The zero-order valence-corrected chi connectivity index (χ0v) is 12.5. The van der Waals surface area contributed by atoms with E-state index in [4.69, 9.17) is 0 Å². The van der Waals surface area contributed by atoms with E-state index in [1.165, 1.54) is 56.6 Å². The number of hydrogen-bond donors (Lipinski definition) is 1. The molecule has 1 saturated heterocycles. The minimum absolute atomic E-state index is 0.967. The summed E-state index contributed by atoms with van der Waals surface area (Å²) in [4.78, 5) is 2.63. The topological polar surface area (TPSA) is 15.3 Å². The minimum Gasteiger partial charge on any atom is -0.384 e. The van der Waals surface area contributed by atoms with Crippen LogP contribution in [0, 0.1) is 12.8 Å². The summed E-state index contributed by atoms with van der Waals surface area (Å²) in [5, 5.41) is 3.56. The molecule has 1 fully saturated rings. The van der Waals surface area contributed by atoms with Crippen LogP contribution in [0.2, 0.25) is 0 Å². The Morgan fingerprint density at radius 3 is 2.84 bits per heavy atom. The Labute approximate surface area is 118 Å². The van der Waals surface area contributed by atoms with Gasteiger partial charge < -0.3 is 10.2 Å².